The zero-order valence-electron chi connectivity index (χ0n) is 17.5. The van der Waals surface area contributed by atoms with Crippen molar-refractivity contribution in [3.05, 3.63) is 71.0 Å². The molecule has 1 aromatic carbocycles. The number of carbonyl (C=O) groups is 1. The first-order valence-electron chi connectivity index (χ1n) is 10.1. The third kappa shape index (κ3) is 8.16. The van der Waals surface area contributed by atoms with Crippen LogP contribution in [0.15, 0.2) is 59.8 Å². The van der Waals surface area contributed by atoms with Crippen molar-refractivity contribution >= 4 is 5.91 Å². The molecule has 6 heteroatoms. The lowest BCUT2D eigenvalue weighted by atomic mass is 9.97. The molecule has 6 N–H and O–H groups in total. The third-order valence-electron chi connectivity index (χ3n) is 4.90. The van der Waals surface area contributed by atoms with Gasteiger partial charge in [0.2, 0.25) is 0 Å². The van der Waals surface area contributed by atoms with Gasteiger partial charge in [-0.3, -0.25) is 15.3 Å². The minimum absolute atomic E-state index is 0.266. The third-order valence-corrected chi connectivity index (χ3v) is 4.90. The van der Waals surface area contributed by atoms with Crippen molar-refractivity contribution in [2.75, 3.05) is 6.54 Å². The van der Waals surface area contributed by atoms with Gasteiger partial charge in [0.1, 0.15) is 6.04 Å². The Hall–Kier alpha value is -3.29. The number of allylic oxidation sites excluding steroid dienone is 4. The Morgan fingerprint density at radius 2 is 1.97 bits per heavy atom. The normalized spacial score (nSPS) is 14.7. The number of rotatable bonds is 9. The molecule has 2 rings (SSSR count). The van der Waals surface area contributed by atoms with Gasteiger partial charge in [0.25, 0.3) is 5.91 Å². The first-order valence-corrected chi connectivity index (χ1v) is 10.1. The zero-order valence-corrected chi connectivity index (χ0v) is 17.5. The lowest BCUT2D eigenvalue weighted by molar-refractivity contribution is -0.134. The first kappa shape index (κ1) is 24.0. The van der Waals surface area contributed by atoms with Crippen LogP contribution in [0.25, 0.3) is 0 Å². The minimum atomic E-state index is -0.987. The van der Waals surface area contributed by atoms with E-state index in [-0.39, 0.29) is 6.42 Å². The largest absolute Gasteiger partial charge is 0.402 e. The van der Waals surface area contributed by atoms with Crippen LogP contribution in [-0.2, 0) is 11.2 Å². The van der Waals surface area contributed by atoms with Gasteiger partial charge in [0, 0.05) is 36.2 Å². The van der Waals surface area contributed by atoms with Gasteiger partial charge in [0.15, 0.2) is 0 Å². The number of nitrogens with two attached hydrogens (primary N) is 1. The fourth-order valence-electron chi connectivity index (χ4n) is 3.16. The molecule has 31 heavy (non-hydrogen) atoms. The van der Waals surface area contributed by atoms with Crippen molar-refractivity contribution in [2.24, 2.45) is 5.73 Å². The van der Waals surface area contributed by atoms with Gasteiger partial charge in [-0.2, -0.15) is 0 Å². The Morgan fingerprint density at radius 3 is 2.55 bits per heavy atom. The smallest absolute Gasteiger partial charge is 0.263 e. The number of benzene rings is 1. The van der Waals surface area contributed by atoms with E-state index in [1.807, 2.05) is 36.4 Å². The highest BCUT2D eigenvalue weighted by Crippen LogP contribution is 2.18. The predicted molar refractivity (Wildman–Crippen MR) is 122 cm³/mol. The Labute approximate surface area is 183 Å². The SMILES string of the molecule is C#CCCC(O)C(NCC1=CC=C(C#Cc2ccc(CC(=C)N)cc2)CC1)C(=O)NO. The van der Waals surface area contributed by atoms with Crippen LogP contribution in [0.2, 0.25) is 0 Å². The summed E-state index contributed by atoms with van der Waals surface area (Å²) in [5.41, 5.74) is 12.0. The maximum absolute atomic E-state index is 11.8. The summed E-state index contributed by atoms with van der Waals surface area (Å²) < 4.78 is 0. The van der Waals surface area contributed by atoms with Crippen LogP contribution < -0.4 is 16.5 Å². The monoisotopic (exact) mass is 419 g/mol. The molecule has 0 radical (unpaired) electrons. The van der Waals surface area contributed by atoms with Crippen molar-refractivity contribution in [1.82, 2.24) is 10.8 Å². The van der Waals surface area contributed by atoms with Crippen LogP contribution in [0, 0.1) is 24.2 Å². The van der Waals surface area contributed by atoms with E-state index in [4.69, 9.17) is 17.4 Å². The second-order valence-electron chi connectivity index (χ2n) is 7.44. The molecule has 0 bridgehead atoms. The van der Waals surface area contributed by atoms with Crippen LogP contribution in [0.3, 0.4) is 0 Å². The minimum Gasteiger partial charge on any atom is -0.402 e. The molecule has 1 aliphatic carbocycles. The van der Waals surface area contributed by atoms with Crippen LogP contribution in [0.5, 0.6) is 0 Å². The lowest BCUT2D eigenvalue weighted by Crippen LogP contribution is -2.51. The Morgan fingerprint density at radius 1 is 1.23 bits per heavy atom. The highest BCUT2D eigenvalue weighted by Gasteiger charge is 2.26. The van der Waals surface area contributed by atoms with Crippen LogP contribution >= 0.6 is 0 Å². The highest BCUT2D eigenvalue weighted by atomic mass is 16.5. The molecule has 1 aromatic rings. The van der Waals surface area contributed by atoms with Crippen molar-refractivity contribution in [1.29, 1.82) is 0 Å². The van der Waals surface area contributed by atoms with Gasteiger partial charge in [-0.05, 0) is 37.0 Å². The molecule has 1 aliphatic rings. The van der Waals surface area contributed by atoms with Gasteiger partial charge in [-0.15, -0.1) is 12.3 Å². The molecule has 162 valence electrons. The number of amides is 1. The van der Waals surface area contributed by atoms with E-state index in [0.29, 0.717) is 25.1 Å². The van der Waals surface area contributed by atoms with Gasteiger partial charge in [-0.1, -0.05) is 48.3 Å². The molecule has 2 atom stereocenters. The van der Waals surface area contributed by atoms with Crippen LogP contribution in [-0.4, -0.2) is 34.9 Å². The van der Waals surface area contributed by atoms with Crippen molar-refractivity contribution in [3.63, 3.8) is 0 Å². The molecule has 0 heterocycles. The highest BCUT2D eigenvalue weighted by molar-refractivity contribution is 5.81. The van der Waals surface area contributed by atoms with E-state index in [2.05, 4.69) is 29.7 Å². The number of hydrogen-bond acceptors (Lipinski definition) is 5. The molecule has 0 aromatic heterocycles. The van der Waals surface area contributed by atoms with Crippen molar-refractivity contribution in [3.8, 4) is 24.2 Å². The Kier molecular flexibility index (Phi) is 9.61. The number of carbonyl (C=O) groups excluding carboxylic acids is 1. The summed E-state index contributed by atoms with van der Waals surface area (Å²) in [5, 5.41) is 22.1. The average molecular weight is 420 g/mol. The molecular formula is C25H29N3O3. The molecule has 0 spiro atoms. The number of nitrogens with one attached hydrogen (secondary N) is 2. The first-order chi connectivity index (χ1) is 14.9. The summed E-state index contributed by atoms with van der Waals surface area (Å²) in [6.07, 6.45) is 11.0. The summed E-state index contributed by atoms with van der Waals surface area (Å²) in [6.45, 7) is 4.13. The van der Waals surface area contributed by atoms with E-state index in [1.165, 1.54) is 0 Å². The van der Waals surface area contributed by atoms with Crippen LogP contribution in [0.1, 0.15) is 36.8 Å². The van der Waals surface area contributed by atoms with Crippen LogP contribution in [0.4, 0.5) is 0 Å². The van der Waals surface area contributed by atoms with Gasteiger partial charge in [0.05, 0.1) is 6.10 Å². The van der Waals surface area contributed by atoms with Crippen molar-refractivity contribution < 1.29 is 15.1 Å². The van der Waals surface area contributed by atoms with E-state index in [1.54, 1.807) is 5.48 Å². The maximum Gasteiger partial charge on any atom is 0.263 e. The summed E-state index contributed by atoms with van der Waals surface area (Å²) >= 11 is 0. The number of terminal acetylenes is 1. The molecule has 0 saturated heterocycles. The summed E-state index contributed by atoms with van der Waals surface area (Å²) in [6, 6.07) is 6.99. The lowest BCUT2D eigenvalue weighted by Gasteiger charge is -2.23. The van der Waals surface area contributed by atoms with Gasteiger partial charge in [-0.25, -0.2) is 5.48 Å². The summed E-state index contributed by atoms with van der Waals surface area (Å²) in [5.74, 6) is 8.11. The standard InChI is InChI=1S/C25H29N3O3/c1-3-4-5-23(29)24(25(30)28-31)27-17-22-14-10-20(11-15-22)7-6-19-8-12-21(13-9-19)16-18(2)26/h1,8-10,12-14,23-24,27,29,31H,2,4-5,11,15-17,26H2,(H,28,30). The number of aliphatic hydroxyl groups excluding tert-OH is 1. The van der Waals surface area contributed by atoms with Gasteiger partial charge >= 0.3 is 0 Å². The Balaban J connectivity index is 1.94. The zero-order chi connectivity index (χ0) is 22.6. The van der Waals surface area contributed by atoms with E-state index in [0.717, 1.165) is 35.1 Å². The molecular weight excluding hydrogens is 390 g/mol. The molecule has 0 aliphatic heterocycles. The van der Waals surface area contributed by atoms with E-state index in [9.17, 15) is 9.90 Å². The number of hydroxylamine groups is 1. The molecule has 2 unspecified atom stereocenters. The maximum atomic E-state index is 11.8. The number of aliphatic hydroxyl groups is 1. The summed E-state index contributed by atoms with van der Waals surface area (Å²) in [4.78, 5) is 11.8. The van der Waals surface area contributed by atoms with Gasteiger partial charge < -0.3 is 10.8 Å². The quantitative estimate of drug-likeness (QED) is 0.239. The predicted octanol–water partition coefficient (Wildman–Crippen LogP) is 1.94. The molecule has 6 nitrogen and oxygen atoms in total. The topological polar surface area (TPSA) is 108 Å². The number of hydrogen-bond donors (Lipinski definition) is 5. The molecule has 0 saturated carbocycles. The molecule has 1 amide bonds. The molecule has 0 fully saturated rings. The fourth-order valence-corrected chi connectivity index (χ4v) is 3.16. The van der Waals surface area contributed by atoms with Crippen molar-refractivity contribution in [2.45, 2.75) is 44.2 Å². The van der Waals surface area contributed by atoms with E-state index < -0.39 is 18.1 Å². The fraction of sp³-hybridized carbons (Fsp3) is 0.320. The summed E-state index contributed by atoms with van der Waals surface area (Å²) in [7, 11) is 0. The van der Waals surface area contributed by atoms with E-state index >= 15 is 0 Å². The second-order valence-corrected chi connectivity index (χ2v) is 7.44. The average Bonchev–Trinajstić information content (AvgIpc) is 2.77. The second kappa shape index (κ2) is 12.4. The Bertz CT molecular complexity index is 943.